The number of aliphatic hydroxyl groups is 2. The van der Waals surface area contributed by atoms with Crippen LogP contribution >= 0.6 is 0 Å². The number of halogens is 1. The topological polar surface area (TPSA) is 159 Å². The number of aromatic nitrogens is 5. The number of methoxy groups -OCH3 is 1. The molecule has 2 aromatic carbocycles. The lowest BCUT2D eigenvalue weighted by Crippen LogP contribution is -2.29. The molecular weight excluding hydrogens is 543 g/mol. The number of amides is 1. The van der Waals surface area contributed by atoms with E-state index in [1.807, 2.05) is 26.0 Å². The number of aryl methyl sites for hydroxylation is 2. The Bertz CT molecular complexity index is 1970. The molecule has 1 amide bonds. The number of nitrogens with one attached hydrogen (secondary N) is 2. The molecule has 6 rings (SSSR count). The molecular formula is C30H27FN6O5. The van der Waals surface area contributed by atoms with Crippen LogP contribution in [0.4, 0.5) is 4.39 Å². The molecule has 0 aliphatic carbocycles. The second kappa shape index (κ2) is 10.8. The lowest BCUT2D eigenvalue weighted by Gasteiger charge is -2.11. The van der Waals surface area contributed by atoms with Crippen LogP contribution in [0.2, 0.25) is 0 Å². The van der Waals surface area contributed by atoms with Gasteiger partial charge in [0.05, 0.1) is 47.7 Å². The van der Waals surface area contributed by atoms with E-state index in [1.54, 1.807) is 25.4 Å². The summed E-state index contributed by atoms with van der Waals surface area (Å²) in [4.78, 5) is 30.1. The molecule has 0 fully saturated rings. The molecule has 4 heterocycles. The number of rotatable bonds is 8. The molecule has 0 saturated carbocycles. The van der Waals surface area contributed by atoms with E-state index >= 15 is 0 Å². The lowest BCUT2D eigenvalue weighted by molar-refractivity contribution is 0.0830. The Hall–Kier alpha value is -4.94. The Morgan fingerprint density at radius 3 is 2.71 bits per heavy atom. The van der Waals surface area contributed by atoms with Crippen molar-refractivity contribution in [3.63, 3.8) is 0 Å². The third-order valence-corrected chi connectivity index (χ3v) is 7.21. The Balaban J connectivity index is 1.61. The van der Waals surface area contributed by atoms with E-state index in [9.17, 15) is 14.3 Å². The number of nitrogens with zero attached hydrogens (tertiary/aromatic N) is 4. The number of hydrogen-bond donors (Lipinski definition) is 4. The summed E-state index contributed by atoms with van der Waals surface area (Å²) in [7, 11) is 1.57. The summed E-state index contributed by atoms with van der Waals surface area (Å²) in [6.07, 6.45) is 0.796. The van der Waals surface area contributed by atoms with E-state index in [4.69, 9.17) is 14.4 Å². The molecule has 0 radical (unpaired) electrons. The average Bonchev–Trinajstić information content (AvgIpc) is 3.52. The van der Waals surface area contributed by atoms with E-state index in [0.29, 0.717) is 55.9 Å². The van der Waals surface area contributed by atoms with Crippen LogP contribution in [0.1, 0.15) is 28.5 Å². The molecule has 4 aromatic heterocycles. The van der Waals surface area contributed by atoms with Gasteiger partial charge in [-0.2, -0.15) is 0 Å². The van der Waals surface area contributed by atoms with E-state index in [2.05, 4.69) is 30.4 Å². The largest absolute Gasteiger partial charge is 0.496 e. The maximum atomic E-state index is 14.4. The first-order valence-electron chi connectivity index (χ1n) is 13.3. The smallest absolute Gasteiger partial charge is 0.289 e. The highest BCUT2D eigenvalue weighted by molar-refractivity contribution is 6.16. The predicted octanol–water partition coefficient (Wildman–Crippen LogP) is 4.22. The zero-order chi connectivity index (χ0) is 29.5. The van der Waals surface area contributed by atoms with Crippen LogP contribution in [0.5, 0.6) is 5.75 Å². The van der Waals surface area contributed by atoms with Crippen molar-refractivity contribution in [1.82, 2.24) is 30.4 Å². The number of pyridine rings is 1. The minimum absolute atomic E-state index is 0.103. The number of carbonyl (C=O) groups is 1. The minimum atomic E-state index is -0.960. The van der Waals surface area contributed by atoms with Crippen LogP contribution in [0.15, 0.2) is 47.1 Å². The number of carbonyl (C=O) groups excluding carboxylic acids is 1. The predicted molar refractivity (Wildman–Crippen MR) is 154 cm³/mol. The van der Waals surface area contributed by atoms with Gasteiger partial charge in [0.25, 0.3) is 5.91 Å². The fourth-order valence-electron chi connectivity index (χ4n) is 5.20. The fourth-order valence-corrected chi connectivity index (χ4v) is 5.20. The Morgan fingerprint density at radius 2 is 1.98 bits per heavy atom. The quantitative estimate of drug-likeness (QED) is 0.210. The van der Waals surface area contributed by atoms with Gasteiger partial charge in [-0.3, -0.25) is 9.78 Å². The van der Waals surface area contributed by atoms with Gasteiger partial charge in [0.15, 0.2) is 0 Å². The normalized spacial score (nSPS) is 12.3. The molecule has 1 atom stereocenters. The number of ether oxygens (including phenoxy) is 1. The first-order valence-corrected chi connectivity index (χ1v) is 13.3. The number of H-pyrrole nitrogens is 1. The molecule has 0 aliphatic heterocycles. The molecule has 0 aliphatic rings. The third-order valence-electron chi connectivity index (χ3n) is 7.21. The Morgan fingerprint density at radius 1 is 1.14 bits per heavy atom. The minimum Gasteiger partial charge on any atom is -0.496 e. The molecule has 42 heavy (non-hydrogen) atoms. The number of benzene rings is 2. The van der Waals surface area contributed by atoms with Crippen molar-refractivity contribution in [3.05, 3.63) is 65.7 Å². The van der Waals surface area contributed by atoms with Crippen LogP contribution in [0, 0.1) is 19.7 Å². The van der Waals surface area contributed by atoms with Crippen LogP contribution in [-0.2, 0) is 0 Å². The number of aromatic amines is 1. The van der Waals surface area contributed by atoms with Crippen molar-refractivity contribution in [2.24, 2.45) is 0 Å². The first-order chi connectivity index (χ1) is 20.3. The maximum Gasteiger partial charge on any atom is 0.289 e. The summed E-state index contributed by atoms with van der Waals surface area (Å²) < 4.78 is 25.6. The van der Waals surface area contributed by atoms with Gasteiger partial charge >= 0.3 is 0 Å². The highest BCUT2D eigenvalue weighted by Gasteiger charge is 2.23. The van der Waals surface area contributed by atoms with Crippen molar-refractivity contribution >= 4 is 38.7 Å². The molecule has 214 valence electrons. The van der Waals surface area contributed by atoms with Gasteiger partial charge in [0.2, 0.25) is 5.82 Å². The summed E-state index contributed by atoms with van der Waals surface area (Å²) >= 11 is 0. The molecule has 0 saturated heterocycles. The molecule has 6 aromatic rings. The average molecular weight is 571 g/mol. The van der Waals surface area contributed by atoms with Crippen molar-refractivity contribution in [2.45, 2.75) is 26.4 Å². The number of fused-ring (bicyclic) bond motifs is 4. The molecule has 1 unspecified atom stereocenters. The Labute approximate surface area is 238 Å². The first kappa shape index (κ1) is 27.2. The van der Waals surface area contributed by atoms with E-state index < -0.39 is 24.4 Å². The van der Waals surface area contributed by atoms with Gasteiger partial charge in [-0.15, -0.1) is 0 Å². The van der Waals surface area contributed by atoms with Gasteiger partial charge in [-0.05, 0) is 56.7 Å². The lowest BCUT2D eigenvalue weighted by atomic mass is 9.99. The van der Waals surface area contributed by atoms with Crippen LogP contribution in [0.3, 0.4) is 0 Å². The zero-order valence-corrected chi connectivity index (χ0v) is 23.0. The van der Waals surface area contributed by atoms with Gasteiger partial charge in [0.1, 0.15) is 23.0 Å². The SMILES string of the molecule is COc1cc2c(cc1-c1c(C)noc1C)[nH]c1nc(C(=O)NCCC(O)CO)nc(-c3ccnc4ccc(F)cc34)c12. The van der Waals surface area contributed by atoms with E-state index in [0.717, 1.165) is 16.5 Å². The number of hydrogen-bond acceptors (Lipinski definition) is 9. The third kappa shape index (κ3) is 4.70. The molecule has 4 N–H and O–H groups in total. The maximum absolute atomic E-state index is 14.4. The van der Waals surface area contributed by atoms with Crippen LogP contribution in [0.25, 0.3) is 55.2 Å². The fraction of sp³-hybridized carbons (Fsp3) is 0.233. The number of aliphatic hydroxyl groups excluding tert-OH is 2. The van der Waals surface area contributed by atoms with Crippen molar-refractivity contribution in [3.8, 4) is 28.1 Å². The second-order valence-electron chi connectivity index (χ2n) is 9.94. The molecule has 12 heteroatoms. The van der Waals surface area contributed by atoms with Crippen LogP contribution < -0.4 is 10.1 Å². The van der Waals surface area contributed by atoms with E-state index in [-0.39, 0.29) is 18.8 Å². The highest BCUT2D eigenvalue weighted by atomic mass is 19.1. The summed E-state index contributed by atoms with van der Waals surface area (Å²) in [5.41, 5.74) is 4.88. The van der Waals surface area contributed by atoms with Crippen molar-refractivity contribution in [2.75, 3.05) is 20.3 Å². The zero-order valence-electron chi connectivity index (χ0n) is 23.0. The van der Waals surface area contributed by atoms with Gasteiger partial charge in [-0.1, -0.05) is 5.16 Å². The Kier molecular flexibility index (Phi) is 7.01. The molecule has 0 bridgehead atoms. The summed E-state index contributed by atoms with van der Waals surface area (Å²) in [6, 6.07) is 9.79. The standard InChI is InChI=1S/C30H27FN6O5/c1-14-25(15(2)42-37-14)21-11-23-20(12-24(21)41-3)26-27(18-7-9-32-22-5-4-16(31)10-19(18)22)35-29(36-28(26)34-23)30(40)33-8-6-17(39)13-38/h4-5,7,9-12,17,38-39H,6,8,13H2,1-3H3,(H,33,40)(H,34,35,36). The van der Waals surface area contributed by atoms with Gasteiger partial charge in [-0.25, -0.2) is 14.4 Å². The molecule has 11 nitrogen and oxygen atoms in total. The highest BCUT2D eigenvalue weighted by Crippen LogP contribution is 2.42. The summed E-state index contributed by atoms with van der Waals surface area (Å²) in [5.74, 6) is 0.0744. The molecule has 0 spiro atoms. The summed E-state index contributed by atoms with van der Waals surface area (Å²) in [5, 5.41) is 27.4. The van der Waals surface area contributed by atoms with Gasteiger partial charge in [0, 0.05) is 40.2 Å². The van der Waals surface area contributed by atoms with Crippen molar-refractivity contribution in [1.29, 1.82) is 0 Å². The van der Waals surface area contributed by atoms with E-state index in [1.165, 1.54) is 12.1 Å². The summed E-state index contributed by atoms with van der Waals surface area (Å²) in [6.45, 7) is 3.36. The van der Waals surface area contributed by atoms with Crippen molar-refractivity contribution < 1.29 is 28.7 Å². The monoisotopic (exact) mass is 570 g/mol. The second-order valence-corrected chi connectivity index (χ2v) is 9.94. The van der Waals surface area contributed by atoms with Crippen LogP contribution in [-0.4, -0.2) is 67.6 Å². The van der Waals surface area contributed by atoms with Gasteiger partial charge < -0.3 is 29.8 Å².